The summed E-state index contributed by atoms with van der Waals surface area (Å²) in [7, 11) is 0. The van der Waals surface area contributed by atoms with E-state index in [1.165, 1.54) is 6.26 Å². The minimum Gasteiger partial charge on any atom is -0.465 e. The SMILES string of the molecule is C=C1NC2=C(C(=O)CCC2)C(c2coc3ccc(C)cc3c2=O)C1C(=O)OCCc1ccccc1. The van der Waals surface area contributed by atoms with Gasteiger partial charge in [-0.05, 0) is 37.5 Å². The molecule has 0 fully saturated rings. The Labute approximate surface area is 203 Å². The normalized spacial score (nSPS) is 19.9. The fraction of sp³-hybridized carbons (Fsp3) is 0.276. The van der Waals surface area contributed by atoms with E-state index < -0.39 is 17.8 Å². The molecule has 0 amide bonds. The summed E-state index contributed by atoms with van der Waals surface area (Å²) in [4.78, 5) is 40.1. The number of esters is 1. The Bertz CT molecular complexity index is 1420. The third-order valence-corrected chi connectivity index (χ3v) is 6.81. The van der Waals surface area contributed by atoms with Crippen LogP contribution in [0.15, 0.2) is 87.6 Å². The van der Waals surface area contributed by atoms with Gasteiger partial charge in [-0.25, -0.2) is 0 Å². The number of hydrogen-bond donors (Lipinski definition) is 1. The van der Waals surface area contributed by atoms with Gasteiger partial charge < -0.3 is 14.5 Å². The number of Topliss-reactive ketones (excluding diaryl/α,β-unsaturated/α-hetero) is 1. The monoisotopic (exact) mass is 469 g/mol. The van der Waals surface area contributed by atoms with Crippen LogP contribution in [0.2, 0.25) is 0 Å². The molecule has 2 unspecified atom stereocenters. The van der Waals surface area contributed by atoms with Crippen LogP contribution >= 0.6 is 0 Å². The van der Waals surface area contributed by atoms with E-state index in [1.807, 2.05) is 43.3 Å². The molecular formula is C29H27NO5. The summed E-state index contributed by atoms with van der Waals surface area (Å²) in [5.74, 6) is -2.31. The number of nitrogens with one attached hydrogen (secondary N) is 1. The zero-order chi connectivity index (χ0) is 24.5. The van der Waals surface area contributed by atoms with Gasteiger partial charge in [-0.1, -0.05) is 48.5 Å². The van der Waals surface area contributed by atoms with E-state index in [4.69, 9.17) is 9.15 Å². The lowest BCUT2D eigenvalue weighted by Crippen LogP contribution is -2.42. The molecule has 3 aromatic rings. The molecule has 0 saturated heterocycles. The molecule has 2 aromatic carbocycles. The highest BCUT2D eigenvalue weighted by Gasteiger charge is 2.45. The van der Waals surface area contributed by atoms with Crippen molar-refractivity contribution in [3.05, 3.63) is 105 Å². The van der Waals surface area contributed by atoms with Crippen LogP contribution in [-0.2, 0) is 20.7 Å². The summed E-state index contributed by atoms with van der Waals surface area (Å²) in [5.41, 5.74) is 4.08. The molecule has 1 aromatic heterocycles. The molecule has 0 radical (unpaired) electrons. The van der Waals surface area contributed by atoms with Crippen LogP contribution in [0, 0.1) is 12.8 Å². The van der Waals surface area contributed by atoms with Crippen LogP contribution in [0.4, 0.5) is 0 Å². The number of allylic oxidation sites excluding steroid dienone is 2. The third kappa shape index (κ3) is 4.32. The number of ether oxygens (including phenoxy) is 1. The first-order valence-electron chi connectivity index (χ1n) is 11.9. The Morgan fingerprint density at radius 1 is 1.14 bits per heavy atom. The van der Waals surface area contributed by atoms with Gasteiger partial charge in [0.1, 0.15) is 11.5 Å². The second-order valence-electron chi connectivity index (χ2n) is 9.20. The number of benzene rings is 2. The van der Waals surface area contributed by atoms with Crippen molar-refractivity contribution in [2.75, 3.05) is 6.61 Å². The molecule has 5 rings (SSSR count). The second-order valence-corrected chi connectivity index (χ2v) is 9.20. The van der Waals surface area contributed by atoms with E-state index in [1.54, 1.807) is 12.1 Å². The van der Waals surface area contributed by atoms with E-state index in [9.17, 15) is 14.4 Å². The topological polar surface area (TPSA) is 85.6 Å². The van der Waals surface area contributed by atoms with E-state index in [0.717, 1.165) is 16.8 Å². The standard InChI is InChI=1S/C29H27NO5/c1-17-11-12-24-20(15-17)28(32)21(16-35-24)26-25(18(2)30-22-9-6-10-23(31)27(22)26)29(33)34-14-13-19-7-4-3-5-8-19/h3-5,7-8,11-12,15-16,25-26,30H,2,6,9-10,13-14H2,1H3. The maximum atomic E-state index is 13.6. The number of aryl methyl sites for hydroxylation is 1. The average Bonchev–Trinajstić information content (AvgIpc) is 2.85. The Balaban J connectivity index is 1.55. The minimum absolute atomic E-state index is 0.0675. The molecule has 0 spiro atoms. The fourth-order valence-electron chi connectivity index (χ4n) is 5.09. The molecule has 1 aliphatic heterocycles. The molecule has 2 atom stereocenters. The van der Waals surface area contributed by atoms with Gasteiger partial charge in [-0.15, -0.1) is 0 Å². The number of hydrogen-bond acceptors (Lipinski definition) is 6. The molecule has 6 heteroatoms. The van der Waals surface area contributed by atoms with E-state index in [-0.39, 0.29) is 23.4 Å². The lowest BCUT2D eigenvalue weighted by Gasteiger charge is -2.37. The molecule has 1 N–H and O–H groups in total. The number of carbonyl (C=O) groups is 2. The fourth-order valence-corrected chi connectivity index (χ4v) is 5.09. The third-order valence-electron chi connectivity index (χ3n) is 6.81. The lowest BCUT2D eigenvalue weighted by atomic mass is 9.71. The molecule has 2 aliphatic rings. The number of fused-ring (bicyclic) bond motifs is 1. The molecule has 178 valence electrons. The first-order valence-corrected chi connectivity index (χ1v) is 11.9. The zero-order valence-corrected chi connectivity index (χ0v) is 19.6. The Hall–Kier alpha value is -3.93. The quantitative estimate of drug-likeness (QED) is 0.545. The maximum Gasteiger partial charge on any atom is 0.315 e. The van der Waals surface area contributed by atoms with Gasteiger partial charge >= 0.3 is 5.97 Å². The Morgan fingerprint density at radius 3 is 2.74 bits per heavy atom. The first-order chi connectivity index (χ1) is 16.9. The van der Waals surface area contributed by atoms with E-state index >= 15 is 0 Å². The van der Waals surface area contributed by atoms with E-state index in [0.29, 0.717) is 47.9 Å². The smallest absolute Gasteiger partial charge is 0.315 e. The van der Waals surface area contributed by atoms with Gasteiger partial charge in [0.25, 0.3) is 0 Å². The summed E-state index contributed by atoms with van der Waals surface area (Å²) >= 11 is 0. The van der Waals surface area contributed by atoms with Crippen molar-refractivity contribution in [1.29, 1.82) is 0 Å². The van der Waals surface area contributed by atoms with Crippen LogP contribution in [0.1, 0.15) is 41.9 Å². The highest BCUT2D eigenvalue weighted by Crippen LogP contribution is 2.43. The van der Waals surface area contributed by atoms with Crippen LogP contribution in [0.3, 0.4) is 0 Å². The highest BCUT2D eigenvalue weighted by atomic mass is 16.5. The second kappa shape index (κ2) is 9.37. The van der Waals surface area contributed by atoms with Gasteiger partial charge in [-0.2, -0.15) is 0 Å². The maximum absolute atomic E-state index is 13.6. The molecule has 6 nitrogen and oxygen atoms in total. The molecule has 0 bridgehead atoms. The molecule has 35 heavy (non-hydrogen) atoms. The highest BCUT2D eigenvalue weighted by molar-refractivity contribution is 6.00. The van der Waals surface area contributed by atoms with Gasteiger partial charge in [0.05, 0.1) is 18.3 Å². The first kappa shape index (κ1) is 22.8. The summed E-state index contributed by atoms with van der Waals surface area (Å²) in [6, 6.07) is 15.1. The van der Waals surface area contributed by atoms with E-state index in [2.05, 4.69) is 11.9 Å². The van der Waals surface area contributed by atoms with Gasteiger partial charge in [0.15, 0.2) is 11.2 Å². The Morgan fingerprint density at radius 2 is 1.94 bits per heavy atom. The van der Waals surface area contributed by atoms with Crippen molar-refractivity contribution in [1.82, 2.24) is 5.32 Å². The van der Waals surface area contributed by atoms with Crippen LogP contribution < -0.4 is 10.7 Å². The molecule has 2 heterocycles. The Kier molecular flexibility index (Phi) is 6.12. The predicted octanol–water partition coefficient (Wildman–Crippen LogP) is 4.71. The van der Waals surface area contributed by atoms with Crippen LogP contribution in [-0.4, -0.2) is 18.4 Å². The van der Waals surface area contributed by atoms with Gasteiger partial charge in [0.2, 0.25) is 0 Å². The number of carbonyl (C=O) groups excluding carboxylic acids is 2. The number of rotatable bonds is 5. The van der Waals surface area contributed by atoms with Crippen LogP contribution in [0.25, 0.3) is 11.0 Å². The largest absolute Gasteiger partial charge is 0.465 e. The van der Waals surface area contributed by atoms with Crippen LogP contribution in [0.5, 0.6) is 0 Å². The van der Waals surface area contributed by atoms with Crippen molar-refractivity contribution < 1.29 is 18.7 Å². The molecule has 0 saturated carbocycles. The summed E-state index contributed by atoms with van der Waals surface area (Å²) in [5, 5.41) is 3.61. The minimum atomic E-state index is -0.920. The van der Waals surface area contributed by atoms with Crippen molar-refractivity contribution in [3.8, 4) is 0 Å². The predicted molar refractivity (Wildman–Crippen MR) is 133 cm³/mol. The van der Waals surface area contributed by atoms with Crippen molar-refractivity contribution in [2.24, 2.45) is 5.92 Å². The summed E-state index contributed by atoms with van der Waals surface area (Å²) in [6.07, 6.45) is 3.69. The summed E-state index contributed by atoms with van der Waals surface area (Å²) in [6.45, 7) is 6.17. The summed E-state index contributed by atoms with van der Waals surface area (Å²) < 4.78 is 11.5. The van der Waals surface area contributed by atoms with Crippen molar-refractivity contribution in [3.63, 3.8) is 0 Å². The van der Waals surface area contributed by atoms with Crippen molar-refractivity contribution in [2.45, 2.75) is 38.5 Å². The lowest BCUT2D eigenvalue weighted by molar-refractivity contribution is -0.147. The zero-order valence-electron chi connectivity index (χ0n) is 19.6. The van der Waals surface area contributed by atoms with Crippen molar-refractivity contribution >= 4 is 22.7 Å². The van der Waals surface area contributed by atoms with Gasteiger partial charge in [0, 0.05) is 41.3 Å². The number of ketones is 1. The molecular weight excluding hydrogens is 442 g/mol. The average molecular weight is 470 g/mol. The van der Waals surface area contributed by atoms with Gasteiger partial charge in [-0.3, -0.25) is 14.4 Å². The molecule has 1 aliphatic carbocycles.